The highest BCUT2D eigenvalue weighted by Crippen LogP contribution is 2.36. The van der Waals surface area contributed by atoms with Gasteiger partial charge >= 0.3 is 0 Å². The van der Waals surface area contributed by atoms with Gasteiger partial charge in [0.05, 0.1) is 11.4 Å². The molecule has 11 heteroatoms. The van der Waals surface area contributed by atoms with Crippen LogP contribution in [0.5, 0.6) is 0 Å². The van der Waals surface area contributed by atoms with Gasteiger partial charge in [0, 0.05) is 51.1 Å². The number of primary sulfonamides is 1. The minimum absolute atomic E-state index is 0.00996. The van der Waals surface area contributed by atoms with Gasteiger partial charge in [-0.2, -0.15) is 4.98 Å². The molecule has 0 amide bonds. The molecule has 3 rings (SSSR count). The maximum atomic E-state index is 13.9. The van der Waals surface area contributed by atoms with Crippen molar-refractivity contribution in [1.29, 1.82) is 0 Å². The molecular formula is C15H24F2N6O2S. The molecule has 1 aromatic heterocycles. The topological polar surface area (TPSA) is 104 Å². The van der Waals surface area contributed by atoms with Gasteiger partial charge in [0.2, 0.25) is 16.0 Å². The quantitative estimate of drug-likeness (QED) is 0.732. The van der Waals surface area contributed by atoms with Crippen LogP contribution in [0.3, 0.4) is 0 Å². The maximum absolute atomic E-state index is 13.9. The van der Waals surface area contributed by atoms with E-state index in [2.05, 4.69) is 20.2 Å². The Hall–Kier alpha value is -1.59. The number of hydrogen-bond acceptors (Lipinski definition) is 7. The van der Waals surface area contributed by atoms with Crippen LogP contribution < -0.4 is 15.4 Å². The molecule has 1 aliphatic carbocycles. The Morgan fingerprint density at radius 3 is 2.58 bits per heavy atom. The van der Waals surface area contributed by atoms with Crippen molar-refractivity contribution in [3.05, 3.63) is 11.3 Å². The predicted molar refractivity (Wildman–Crippen MR) is 95.2 cm³/mol. The molecule has 146 valence electrons. The number of likely N-dealkylation sites (N-methyl/N-ethyl adjacent to an activating group) is 1. The van der Waals surface area contributed by atoms with Crippen LogP contribution >= 0.6 is 0 Å². The second-order valence-electron chi connectivity index (χ2n) is 6.91. The molecule has 2 aliphatic rings. The van der Waals surface area contributed by atoms with E-state index in [1.165, 1.54) is 0 Å². The number of nitrogens with one attached hydrogen (secondary N) is 1. The number of piperazine rings is 1. The number of fused-ring (bicyclic) bond motifs is 1. The van der Waals surface area contributed by atoms with Crippen molar-refractivity contribution in [3.63, 3.8) is 0 Å². The third-order valence-corrected chi connectivity index (χ3v) is 5.48. The maximum Gasteiger partial charge on any atom is 0.252 e. The minimum Gasteiger partial charge on any atom is -0.369 e. The van der Waals surface area contributed by atoms with Crippen molar-refractivity contribution in [1.82, 2.24) is 14.9 Å². The fraction of sp³-hybridized carbons (Fsp3) is 0.733. The summed E-state index contributed by atoms with van der Waals surface area (Å²) in [4.78, 5) is 13.2. The summed E-state index contributed by atoms with van der Waals surface area (Å²) in [6.07, 6.45) is -0.506. The predicted octanol–water partition coefficient (Wildman–Crippen LogP) is 0.0528. The average molecular weight is 390 g/mol. The van der Waals surface area contributed by atoms with E-state index in [1.807, 2.05) is 11.9 Å². The van der Waals surface area contributed by atoms with Crippen molar-refractivity contribution in [3.8, 4) is 0 Å². The monoisotopic (exact) mass is 390 g/mol. The number of sulfonamides is 1. The molecule has 1 saturated heterocycles. The molecule has 0 saturated carbocycles. The molecule has 0 unspecified atom stereocenters. The van der Waals surface area contributed by atoms with Gasteiger partial charge in [0.15, 0.2) is 0 Å². The third kappa shape index (κ3) is 4.77. The number of nitrogens with zero attached hydrogens (tertiary/aromatic N) is 4. The molecular weight excluding hydrogens is 366 g/mol. The first-order valence-corrected chi connectivity index (χ1v) is 10.3. The molecule has 0 radical (unpaired) electrons. The zero-order valence-corrected chi connectivity index (χ0v) is 15.5. The number of aromatic nitrogens is 2. The first-order valence-electron chi connectivity index (χ1n) is 8.58. The highest BCUT2D eigenvalue weighted by atomic mass is 32.2. The zero-order valence-electron chi connectivity index (χ0n) is 14.7. The van der Waals surface area contributed by atoms with E-state index in [0.29, 0.717) is 17.2 Å². The lowest BCUT2D eigenvalue weighted by atomic mass is 9.93. The Kier molecular flexibility index (Phi) is 5.31. The number of halogens is 2. The number of hydrogen-bond donors (Lipinski definition) is 2. The standard InChI is InChI=1S/C15H24F2N6O2S/c1-22-5-7-23(8-6-22)14-20-12-2-3-15(16,17)10-11(12)13(21-14)19-4-9-26(18,24)25/h2-10H2,1H3,(H2,18,24,25)(H,19,20,21). The second kappa shape index (κ2) is 7.20. The Labute approximate surface area is 151 Å². The van der Waals surface area contributed by atoms with Crippen LogP contribution in [0.4, 0.5) is 20.5 Å². The lowest BCUT2D eigenvalue weighted by Gasteiger charge is -2.34. The molecule has 0 atom stereocenters. The van der Waals surface area contributed by atoms with E-state index in [4.69, 9.17) is 5.14 Å². The van der Waals surface area contributed by atoms with E-state index in [0.717, 1.165) is 26.2 Å². The number of rotatable bonds is 5. The largest absolute Gasteiger partial charge is 0.369 e. The Balaban J connectivity index is 1.87. The lowest BCUT2D eigenvalue weighted by Crippen LogP contribution is -2.45. The summed E-state index contributed by atoms with van der Waals surface area (Å²) in [5.41, 5.74) is 0.978. The summed E-state index contributed by atoms with van der Waals surface area (Å²) in [6, 6.07) is 0. The molecule has 26 heavy (non-hydrogen) atoms. The highest BCUT2D eigenvalue weighted by molar-refractivity contribution is 7.89. The van der Waals surface area contributed by atoms with E-state index in [9.17, 15) is 17.2 Å². The van der Waals surface area contributed by atoms with Gasteiger partial charge in [-0.05, 0) is 13.5 Å². The van der Waals surface area contributed by atoms with Gasteiger partial charge < -0.3 is 15.1 Å². The van der Waals surface area contributed by atoms with Crippen LogP contribution in [0.2, 0.25) is 0 Å². The normalized spacial score (nSPS) is 20.7. The summed E-state index contributed by atoms with van der Waals surface area (Å²) < 4.78 is 50.0. The van der Waals surface area contributed by atoms with Crippen molar-refractivity contribution in [2.75, 3.05) is 55.7 Å². The van der Waals surface area contributed by atoms with Crippen molar-refractivity contribution < 1.29 is 17.2 Å². The van der Waals surface area contributed by atoms with Crippen molar-refractivity contribution in [2.24, 2.45) is 5.14 Å². The van der Waals surface area contributed by atoms with Gasteiger partial charge in [0.1, 0.15) is 5.82 Å². The fourth-order valence-electron chi connectivity index (χ4n) is 3.16. The average Bonchev–Trinajstić information content (AvgIpc) is 2.54. The molecule has 0 bridgehead atoms. The summed E-state index contributed by atoms with van der Waals surface area (Å²) in [7, 11) is -1.61. The summed E-state index contributed by atoms with van der Waals surface area (Å²) in [6.45, 7) is 3.25. The van der Waals surface area contributed by atoms with Crippen molar-refractivity contribution in [2.45, 2.75) is 25.2 Å². The number of aryl methyl sites for hydroxylation is 1. The third-order valence-electron chi connectivity index (χ3n) is 4.71. The Morgan fingerprint density at radius 2 is 1.92 bits per heavy atom. The number of alkyl halides is 2. The van der Waals surface area contributed by atoms with E-state index in [-0.39, 0.29) is 31.0 Å². The van der Waals surface area contributed by atoms with Gasteiger partial charge in [-0.25, -0.2) is 27.3 Å². The molecule has 3 N–H and O–H groups in total. The van der Waals surface area contributed by atoms with Gasteiger partial charge in [-0.3, -0.25) is 0 Å². The summed E-state index contributed by atoms with van der Waals surface area (Å²) in [5.74, 6) is -2.32. The first kappa shape index (κ1) is 19.2. The van der Waals surface area contributed by atoms with E-state index in [1.54, 1.807) is 0 Å². The van der Waals surface area contributed by atoms with Crippen LogP contribution in [0, 0.1) is 0 Å². The van der Waals surface area contributed by atoms with Crippen LogP contribution in [-0.2, 0) is 22.9 Å². The smallest absolute Gasteiger partial charge is 0.252 e. The molecule has 0 aromatic carbocycles. The molecule has 2 heterocycles. The number of nitrogens with two attached hydrogens (primary N) is 1. The molecule has 1 aromatic rings. The Morgan fingerprint density at radius 1 is 1.23 bits per heavy atom. The zero-order chi connectivity index (χ0) is 18.9. The molecule has 8 nitrogen and oxygen atoms in total. The van der Waals surface area contributed by atoms with Gasteiger partial charge in [-0.1, -0.05) is 0 Å². The first-order chi connectivity index (χ1) is 12.1. The van der Waals surface area contributed by atoms with Gasteiger partial charge in [0.25, 0.3) is 5.92 Å². The van der Waals surface area contributed by atoms with Gasteiger partial charge in [-0.15, -0.1) is 0 Å². The minimum atomic E-state index is -3.65. The molecule has 1 aliphatic heterocycles. The van der Waals surface area contributed by atoms with Crippen LogP contribution in [-0.4, -0.2) is 74.7 Å². The van der Waals surface area contributed by atoms with Crippen LogP contribution in [0.1, 0.15) is 17.7 Å². The fourth-order valence-corrected chi connectivity index (χ4v) is 3.55. The number of anilines is 2. The molecule has 1 fully saturated rings. The van der Waals surface area contributed by atoms with E-state index >= 15 is 0 Å². The lowest BCUT2D eigenvalue weighted by molar-refractivity contribution is -0.0127. The summed E-state index contributed by atoms with van der Waals surface area (Å²) >= 11 is 0. The van der Waals surface area contributed by atoms with Crippen molar-refractivity contribution >= 4 is 21.8 Å². The Bertz CT molecular complexity index is 766. The SMILES string of the molecule is CN1CCN(c2nc3c(c(NCCS(N)(=O)=O)n2)CC(F)(F)CC3)CC1. The molecule has 0 spiro atoms. The van der Waals surface area contributed by atoms with E-state index < -0.39 is 22.4 Å². The van der Waals surface area contributed by atoms with Crippen LogP contribution in [0.25, 0.3) is 0 Å². The van der Waals surface area contributed by atoms with Crippen LogP contribution in [0.15, 0.2) is 0 Å². The highest BCUT2D eigenvalue weighted by Gasteiger charge is 2.37. The second-order valence-corrected chi connectivity index (χ2v) is 8.65. The summed E-state index contributed by atoms with van der Waals surface area (Å²) in [5, 5.41) is 7.88.